The Morgan fingerprint density at radius 2 is 1.85 bits per heavy atom. The Hall–Kier alpha value is -2.55. The van der Waals surface area contributed by atoms with E-state index in [1.54, 1.807) is 12.1 Å². The Kier molecular flexibility index (Phi) is 3.50. The van der Waals surface area contributed by atoms with Gasteiger partial charge in [-0.25, -0.2) is 4.79 Å². The maximum absolute atomic E-state index is 11.8. The fourth-order valence-corrected chi connectivity index (χ4v) is 2.28. The minimum atomic E-state index is -0.271. The predicted molar refractivity (Wildman–Crippen MR) is 78.7 cm³/mol. The monoisotopic (exact) mass is 265 g/mol. The highest BCUT2D eigenvalue weighted by molar-refractivity contribution is 5.89. The van der Waals surface area contributed by atoms with Crippen LogP contribution in [0.1, 0.15) is 15.9 Å². The molecule has 0 atom stereocenters. The zero-order valence-corrected chi connectivity index (χ0v) is 11.0. The molecule has 0 aliphatic carbocycles. The largest absolute Gasteiger partial charge is 0.462 e. The lowest BCUT2D eigenvalue weighted by molar-refractivity contribution is 0.0509. The fraction of sp³-hybridized carbons (Fsp3) is 0.118. The number of aromatic nitrogens is 1. The summed E-state index contributed by atoms with van der Waals surface area (Å²) < 4.78 is 5.31. The molecule has 0 saturated heterocycles. The molecule has 0 aliphatic rings. The van der Waals surface area contributed by atoms with Crippen molar-refractivity contribution < 1.29 is 9.53 Å². The van der Waals surface area contributed by atoms with E-state index in [0.29, 0.717) is 18.6 Å². The van der Waals surface area contributed by atoms with Crippen LogP contribution in [0.5, 0.6) is 0 Å². The van der Waals surface area contributed by atoms with E-state index in [0.717, 1.165) is 5.52 Å². The topological polar surface area (TPSA) is 42.1 Å². The van der Waals surface area contributed by atoms with Crippen LogP contribution in [0.4, 0.5) is 0 Å². The summed E-state index contributed by atoms with van der Waals surface area (Å²) in [7, 11) is 0. The van der Waals surface area contributed by atoms with Crippen molar-refractivity contribution in [3.63, 3.8) is 0 Å². The Labute approximate surface area is 117 Å². The van der Waals surface area contributed by atoms with Crippen LogP contribution < -0.4 is 0 Å². The van der Waals surface area contributed by atoms with Gasteiger partial charge in [0.05, 0.1) is 12.2 Å². The van der Waals surface area contributed by atoms with Gasteiger partial charge in [0.15, 0.2) is 0 Å². The van der Waals surface area contributed by atoms with Gasteiger partial charge in [0.25, 0.3) is 0 Å². The van der Waals surface area contributed by atoms with Gasteiger partial charge in [-0.15, -0.1) is 0 Å². The summed E-state index contributed by atoms with van der Waals surface area (Å²) in [6.45, 7) is 0.387. The average molecular weight is 265 g/mol. The van der Waals surface area contributed by atoms with Gasteiger partial charge in [-0.1, -0.05) is 30.3 Å². The van der Waals surface area contributed by atoms with Crippen molar-refractivity contribution in [2.45, 2.75) is 6.42 Å². The number of hydrogen-bond acceptors (Lipinski definition) is 2. The number of ether oxygens (including phenoxy) is 1. The van der Waals surface area contributed by atoms with Crippen LogP contribution in [0, 0.1) is 0 Å². The number of H-pyrrole nitrogens is 1. The van der Waals surface area contributed by atoms with E-state index >= 15 is 0 Å². The van der Waals surface area contributed by atoms with E-state index in [-0.39, 0.29) is 5.97 Å². The highest BCUT2D eigenvalue weighted by Gasteiger charge is 2.07. The highest BCUT2D eigenvalue weighted by Crippen LogP contribution is 2.17. The fourth-order valence-electron chi connectivity index (χ4n) is 2.28. The second-order valence-electron chi connectivity index (χ2n) is 4.61. The number of fused-ring (bicyclic) bond motifs is 1. The second-order valence-corrected chi connectivity index (χ2v) is 4.61. The van der Waals surface area contributed by atoms with E-state index in [1.165, 1.54) is 10.9 Å². The predicted octanol–water partition coefficient (Wildman–Crippen LogP) is 3.57. The molecule has 0 saturated carbocycles. The Bertz CT molecular complexity index is 716. The van der Waals surface area contributed by atoms with Gasteiger partial charge in [-0.2, -0.15) is 0 Å². The molecule has 0 bridgehead atoms. The van der Waals surface area contributed by atoms with Crippen LogP contribution in [-0.4, -0.2) is 17.6 Å². The van der Waals surface area contributed by atoms with Crippen molar-refractivity contribution in [3.05, 3.63) is 71.9 Å². The number of nitrogens with one attached hydrogen (secondary N) is 1. The van der Waals surface area contributed by atoms with Gasteiger partial charge in [0.1, 0.15) is 0 Å². The summed E-state index contributed by atoms with van der Waals surface area (Å²) in [4.78, 5) is 15.0. The van der Waals surface area contributed by atoms with Gasteiger partial charge < -0.3 is 9.72 Å². The molecule has 0 fully saturated rings. The first kappa shape index (κ1) is 12.5. The van der Waals surface area contributed by atoms with Crippen LogP contribution >= 0.6 is 0 Å². The van der Waals surface area contributed by atoms with Crippen LogP contribution in [0.25, 0.3) is 10.9 Å². The molecule has 1 N–H and O–H groups in total. The molecule has 3 aromatic rings. The highest BCUT2D eigenvalue weighted by atomic mass is 16.5. The number of rotatable bonds is 4. The molecule has 3 heteroatoms. The van der Waals surface area contributed by atoms with Crippen molar-refractivity contribution in [1.29, 1.82) is 0 Å². The van der Waals surface area contributed by atoms with Gasteiger partial charge in [0.2, 0.25) is 0 Å². The first-order chi connectivity index (χ1) is 9.84. The summed E-state index contributed by atoms with van der Waals surface area (Å²) in [6.07, 6.45) is 2.64. The lowest BCUT2D eigenvalue weighted by Gasteiger charge is -2.06. The van der Waals surface area contributed by atoms with Crippen LogP contribution in [-0.2, 0) is 11.2 Å². The maximum Gasteiger partial charge on any atom is 0.338 e. The molecule has 0 unspecified atom stereocenters. The smallest absolute Gasteiger partial charge is 0.338 e. The molecule has 1 heterocycles. The van der Waals surface area contributed by atoms with Crippen LogP contribution in [0.15, 0.2) is 60.8 Å². The van der Waals surface area contributed by atoms with E-state index in [1.807, 2.05) is 42.6 Å². The Balaban J connectivity index is 1.63. The number of carbonyl (C=O) groups excluding carboxylic acids is 1. The van der Waals surface area contributed by atoms with E-state index in [2.05, 4.69) is 11.1 Å². The minimum Gasteiger partial charge on any atom is -0.462 e. The average Bonchev–Trinajstić information content (AvgIpc) is 2.97. The van der Waals surface area contributed by atoms with Crippen molar-refractivity contribution >= 4 is 16.9 Å². The third-order valence-electron chi connectivity index (χ3n) is 3.30. The zero-order valence-electron chi connectivity index (χ0n) is 11.0. The van der Waals surface area contributed by atoms with E-state index < -0.39 is 0 Å². The zero-order chi connectivity index (χ0) is 13.8. The molecule has 0 amide bonds. The molecule has 1 aromatic heterocycles. The van der Waals surface area contributed by atoms with Crippen molar-refractivity contribution in [1.82, 2.24) is 4.98 Å². The van der Waals surface area contributed by atoms with Gasteiger partial charge >= 0.3 is 5.97 Å². The molecule has 20 heavy (non-hydrogen) atoms. The molecule has 0 spiro atoms. The van der Waals surface area contributed by atoms with Gasteiger partial charge in [-0.3, -0.25) is 0 Å². The first-order valence-electron chi connectivity index (χ1n) is 6.62. The normalized spacial score (nSPS) is 10.6. The van der Waals surface area contributed by atoms with Crippen molar-refractivity contribution in [2.24, 2.45) is 0 Å². The molecule has 3 nitrogen and oxygen atoms in total. The van der Waals surface area contributed by atoms with E-state index in [9.17, 15) is 4.79 Å². The van der Waals surface area contributed by atoms with Crippen molar-refractivity contribution in [3.8, 4) is 0 Å². The number of carbonyl (C=O) groups is 1. The SMILES string of the molecule is O=C(OCCc1cccc2[nH]ccc12)c1ccccc1. The molecule has 2 aromatic carbocycles. The number of esters is 1. The number of hydrogen-bond donors (Lipinski definition) is 1. The molecule has 3 rings (SSSR count). The summed E-state index contributed by atoms with van der Waals surface area (Å²) >= 11 is 0. The summed E-state index contributed by atoms with van der Waals surface area (Å²) in [5.41, 5.74) is 2.88. The van der Waals surface area contributed by atoms with Gasteiger partial charge in [-0.05, 0) is 29.8 Å². The second kappa shape index (κ2) is 5.61. The summed E-state index contributed by atoms with van der Waals surface area (Å²) in [5.74, 6) is -0.271. The molecule has 0 aliphatic heterocycles. The minimum absolute atomic E-state index is 0.271. The Morgan fingerprint density at radius 1 is 1.00 bits per heavy atom. The van der Waals surface area contributed by atoms with E-state index in [4.69, 9.17) is 4.74 Å². The number of benzene rings is 2. The first-order valence-corrected chi connectivity index (χ1v) is 6.62. The number of aromatic amines is 1. The quantitative estimate of drug-likeness (QED) is 0.733. The lowest BCUT2D eigenvalue weighted by atomic mass is 10.1. The van der Waals surface area contributed by atoms with Crippen LogP contribution in [0.2, 0.25) is 0 Å². The maximum atomic E-state index is 11.8. The van der Waals surface area contributed by atoms with Crippen LogP contribution in [0.3, 0.4) is 0 Å². The third-order valence-corrected chi connectivity index (χ3v) is 3.30. The molecular weight excluding hydrogens is 250 g/mol. The Morgan fingerprint density at radius 3 is 2.70 bits per heavy atom. The molecular formula is C17H15NO2. The summed E-state index contributed by atoms with van der Waals surface area (Å²) in [5, 5.41) is 1.18. The standard InChI is InChI=1S/C17H15NO2/c19-17(14-5-2-1-3-6-14)20-12-10-13-7-4-8-16-15(13)9-11-18-16/h1-9,11,18H,10,12H2. The molecule has 100 valence electrons. The van der Waals surface area contributed by atoms with Crippen molar-refractivity contribution in [2.75, 3.05) is 6.61 Å². The van der Waals surface area contributed by atoms with Gasteiger partial charge in [0, 0.05) is 23.5 Å². The summed E-state index contributed by atoms with van der Waals surface area (Å²) in [6, 6.07) is 17.2. The molecule has 0 radical (unpaired) electrons. The third kappa shape index (κ3) is 2.57. The lowest BCUT2D eigenvalue weighted by Crippen LogP contribution is -2.08.